The first-order valence-corrected chi connectivity index (χ1v) is 10.8. The molecule has 1 saturated heterocycles. The molecule has 0 aliphatic carbocycles. The lowest BCUT2D eigenvalue weighted by molar-refractivity contribution is 0.0906. The van der Waals surface area contributed by atoms with E-state index in [0.29, 0.717) is 5.56 Å². The van der Waals surface area contributed by atoms with Gasteiger partial charge in [-0.15, -0.1) is 0 Å². The second-order valence-electron chi connectivity index (χ2n) is 8.10. The highest BCUT2D eigenvalue weighted by Gasteiger charge is 2.28. The number of hydrogen-bond acceptors (Lipinski definition) is 4. The van der Waals surface area contributed by atoms with Gasteiger partial charge in [0.15, 0.2) is 0 Å². The number of benzene rings is 3. The van der Waals surface area contributed by atoms with Gasteiger partial charge in [0.2, 0.25) is 0 Å². The average Bonchev–Trinajstić information content (AvgIpc) is 2.80. The predicted molar refractivity (Wildman–Crippen MR) is 123 cm³/mol. The molecule has 1 amide bonds. The van der Waals surface area contributed by atoms with Gasteiger partial charge in [-0.05, 0) is 41.8 Å². The number of phenols is 1. The molecule has 0 spiro atoms. The normalized spacial score (nSPS) is 17.7. The van der Waals surface area contributed by atoms with Gasteiger partial charge in [0.1, 0.15) is 5.75 Å². The van der Waals surface area contributed by atoms with Crippen molar-refractivity contribution < 1.29 is 9.90 Å². The fourth-order valence-corrected chi connectivity index (χ4v) is 4.12. The van der Waals surface area contributed by atoms with Gasteiger partial charge < -0.3 is 15.7 Å². The summed E-state index contributed by atoms with van der Waals surface area (Å²) in [5.74, 6) is 0.0331. The molecule has 3 N–H and O–H groups in total. The number of amides is 1. The fourth-order valence-electron chi connectivity index (χ4n) is 4.12. The van der Waals surface area contributed by atoms with Crippen LogP contribution in [0, 0.1) is 0 Å². The van der Waals surface area contributed by atoms with Crippen molar-refractivity contribution in [3.8, 4) is 5.75 Å². The van der Waals surface area contributed by atoms with Gasteiger partial charge >= 0.3 is 0 Å². The van der Waals surface area contributed by atoms with Crippen molar-refractivity contribution in [1.29, 1.82) is 0 Å². The minimum absolute atomic E-state index is 0.0534. The molecule has 4 rings (SSSR count). The third kappa shape index (κ3) is 5.94. The maximum absolute atomic E-state index is 12.9. The van der Waals surface area contributed by atoms with E-state index < -0.39 is 0 Å². The molecule has 1 heterocycles. The van der Waals surface area contributed by atoms with E-state index in [9.17, 15) is 9.90 Å². The molecule has 160 valence electrons. The number of piperazine rings is 1. The molecule has 5 nitrogen and oxygen atoms in total. The molecule has 3 aromatic rings. The number of nitrogens with one attached hydrogen (secondary N) is 2. The van der Waals surface area contributed by atoms with Crippen LogP contribution in [0.2, 0.25) is 0 Å². The Morgan fingerprint density at radius 3 is 2.29 bits per heavy atom. The van der Waals surface area contributed by atoms with Crippen molar-refractivity contribution in [3.63, 3.8) is 0 Å². The van der Waals surface area contributed by atoms with E-state index in [1.54, 1.807) is 24.3 Å². The first kappa shape index (κ1) is 21.1. The summed E-state index contributed by atoms with van der Waals surface area (Å²) < 4.78 is 0. The smallest absolute Gasteiger partial charge is 0.251 e. The molecular weight excluding hydrogens is 386 g/mol. The van der Waals surface area contributed by atoms with Crippen LogP contribution in [0.3, 0.4) is 0 Å². The third-order valence-electron chi connectivity index (χ3n) is 5.77. The van der Waals surface area contributed by atoms with Gasteiger partial charge in [-0.1, -0.05) is 60.7 Å². The standard InChI is InChI=1S/C26H29N3O2/c30-23-13-11-22(12-14-23)26(31)28-24(17-20-7-3-1-4-8-20)25-19-29(16-15-27-25)18-21-9-5-2-6-10-21/h1-14,24-25,27,30H,15-19H2,(H,28,31). The maximum Gasteiger partial charge on any atom is 0.251 e. The number of phenolic OH excluding ortho intramolecular Hbond substituents is 1. The number of hydrogen-bond donors (Lipinski definition) is 3. The predicted octanol–water partition coefficient (Wildman–Crippen LogP) is 3.21. The van der Waals surface area contributed by atoms with Crippen LogP contribution in [-0.4, -0.2) is 47.6 Å². The second kappa shape index (κ2) is 10.2. The second-order valence-corrected chi connectivity index (χ2v) is 8.10. The summed E-state index contributed by atoms with van der Waals surface area (Å²) in [7, 11) is 0. The summed E-state index contributed by atoms with van der Waals surface area (Å²) in [4.78, 5) is 15.4. The van der Waals surface area contributed by atoms with Crippen LogP contribution in [0.1, 0.15) is 21.5 Å². The van der Waals surface area contributed by atoms with E-state index in [0.717, 1.165) is 32.6 Å². The number of nitrogens with zero attached hydrogens (tertiary/aromatic N) is 1. The fraction of sp³-hybridized carbons (Fsp3) is 0.269. The topological polar surface area (TPSA) is 64.6 Å². The van der Waals surface area contributed by atoms with Gasteiger partial charge in [0.25, 0.3) is 5.91 Å². The number of aromatic hydroxyl groups is 1. The van der Waals surface area contributed by atoms with Crippen molar-refractivity contribution >= 4 is 5.91 Å². The quantitative estimate of drug-likeness (QED) is 0.555. The highest BCUT2D eigenvalue weighted by Crippen LogP contribution is 2.15. The van der Waals surface area contributed by atoms with Gasteiger partial charge in [-0.2, -0.15) is 0 Å². The van der Waals surface area contributed by atoms with E-state index in [1.807, 2.05) is 24.3 Å². The molecule has 3 aromatic carbocycles. The number of rotatable bonds is 7. The van der Waals surface area contributed by atoms with Crippen molar-refractivity contribution in [3.05, 3.63) is 102 Å². The zero-order valence-corrected chi connectivity index (χ0v) is 17.6. The van der Waals surface area contributed by atoms with Gasteiger partial charge in [-0.3, -0.25) is 9.69 Å². The molecule has 0 radical (unpaired) electrons. The summed E-state index contributed by atoms with van der Waals surface area (Å²) in [6.07, 6.45) is 0.751. The monoisotopic (exact) mass is 415 g/mol. The van der Waals surface area contributed by atoms with Crippen LogP contribution in [0.25, 0.3) is 0 Å². The Balaban J connectivity index is 1.48. The molecule has 0 bridgehead atoms. The zero-order valence-electron chi connectivity index (χ0n) is 17.6. The first-order chi connectivity index (χ1) is 15.2. The Morgan fingerprint density at radius 2 is 1.61 bits per heavy atom. The number of carbonyl (C=O) groups excluding carboxylic acids is 1. The Kier molecular flexibility index (Phi) is 6.97. The van der Waals surface area contributed by atoms with Crippen LogP contribution in [0.4, 0.5) is 0 Å². The lowest BCUT2D eigenvalue weighted by Crippen LogP contribution is -2.60. The van der Waals surface area contributed by atoms with Crippen molar-refractivity contribution in [2.75, 3.05) is 19.6 Å². The highest BCUT2D eigenvalue weighted by atomic mass is 16.3. The SMILES string of the molecule is O=C(NC(Cc1ccccc1)C1CN(Cc2ccccc2)CCN1)c1ccc(O)cc1. The lowest BCUT2D eigenvalue weighted by Gasteiger charge is -2.38. The van der Waals surface area contributed by atoms with Crippen LogP contribution in [0.15, 0.2) is 84.9 Å². The van der Waals surface area contributed by atoms with E-state index in [4.69, 9.17) is 0 Å². The van der Waals surface area contributed by atoms with Gasteiger partial charge in [-0.25, -0.2) is 0 Å². The van der Waals surface area contributed by atoms with Crippen LogP contribution in [0.5, 0.6) is 5.75 Å². The molecule has 31 heavy (non-hydrogen) atoms. The van der Waals surface area contributed by atoms with Crippen LogP contribution < -0.4 is 10.6 Å². The summed E-state index contributed by atoms with van der Waals surface area (Å²) in [5.41, 5.74) is 3.05. The largest absolute Gasteiger partial charge is 0.508 e. The Hall–Kier alpha value is -3.15. The molecular formula is C26H29N3O2. The highest BCUT2D eigenvalue weighted by molar-refractivity contribution is 5.94. The van der Waals surface area contributed by atoms with E-state index in [1.165, 1.54) is 11.1 Å². The van der Waals surface area contributed by atoms with Crippen molar-refractivity contribution in [1.82, 2.24) is 15.5 Å². The molecule has 1 fully saturated rings. The molecule has 2 unspecified atom stereocenters. The molecule has 5 heteroatoms. The zero-order chi connectivity index (χ0) is 21.5. The Morgan fingerprint density at radius 1 is 0.968 bits per heavy atom. The molecule has 1 aliphatic rings. The third-order valence-corrected chi connectivity index (χ3v) is 5.77. The summed E-state index contributed by atoms with van der Waals surface area (Å²) in [6.45, 7) is 3.64. The molecule has 0 aromatic heterocycles. The Bertz CT molecular complexity index is 961. The van der Waals surface area contributed by atoms with Gasteiger partial charge in [0, 0.05) is 43.8 Å². The maximum atomic E-state index is 12.9. The van der Waals surface area contributed by atoms with E-state index in [-0.39, 0.29) is 23.7 Å². The van der Waals surface area contributed by atoms with Crippen LogP contribution in [-0.2, 0) is 13.0 Å². The molecule has 1 aliphatic heterocycles. The minimum Gasteiger partial charge on any atom is -0.508 e. The van der Waals surface area contributed by atoms with E-state index in [2.05, 4.69) is 51.9 Å². The summed E-state index contributed by atoms with van der Waals surface area (Å²) in [5, 5.41) is 16.4. The molecule has 0 saturated carbocycles. The van der Waals surface area contributed by atoms with Crippen LogP contribution >= 0.6 is 0 Å². The van der Waals surface area contributed by atoms with Gasteiger partial charge in [0.05, 0.1) is 0 Å². The molecule has 2 atom stereocenters. The van der Waals surface area contributed by atoms with Crippen molar-refractivity contribution in [2.45, 2.75) is 25.0 Å². The average molecular weight is 416 g/mol. The lowest BCUT2D eigenvalue weighted by atomic mass is 9.96. The Labute approximate surface area is 183 Å². The first-order valence-electron chi connectivity index (χ1n) is 10.8. The van der Waals surface area contributed by atoms with Crippen molar-refractivity contribution in [2.24, 2.45) is 0 Å². The number of carbonyl (C=O) groups is 1. The van der Waals surface area contributed by atoms with E-state index >= 15 is 0 Å². The summed E-state index contributed by atoms with van der Waals surface area (Å²) in [6, 6.07) is 27.3. The minimum atomic E-state index is -0.122. The summed E-state index contributed by atoms with van der Waals surface area (Å²) >= 11 is 0.